The first-order chi connectivity index (χ1) is 10.9. The maximum absolute atomic E-state index is 12.5. The quantitative estimate of drug-likeness (QED) is 0.835. The molecule has 0 radical (unpaired) electrons. The second kappa shape index (κ2) is 6.24. The van der Waals surface area contributed by atoms with Gasteiger partial charge in [-0.3, -0.25) is 9.59 Å². The summed E-state index contributed by atoms with van der Waals surface area (Å²) in [6, 6.07) is 5.05. The molecule has 0 unspecified atom stereocenters. The van der Waals surface area contributed by atoms with Crippen LogP contribution in [0, 0.1) is 5.92 Å². The van der Waals surface area contributed by atoms with Crippen LogP contribution in [-0.4, -0.2) is 49.7 Å². The molecular formula is C15H17BrN2O4S. The van der Waals surface area contributed by atoms with Gasteiger partial charge in [-0.05, 0) is 47.0 Å². The lowest BCUT2D eigenvalue weighted by Crippen LogP contribution is -2.43. The molecule has 23 heavy (non-hydrogen) atoms. The minimum absolute atomic E-state index is 0.00584. The Morgan fingerprint density at radius 1 is 1.17 bits per heavy atom. The van der Waals surface area contributed by atoms with E-state index in [1.165, 1.54) is 0 Å². The van der Waals surface area contributed by atoms with Crippen molar-refractivity contribution in [1.29, 1.82) is 0 Å². The van der Waals surface area contributed by atoms with Crippen LogP contribution in [0.1, 0.15) is 23.2 Å². The van der Waals surface area contributed by atoms with Crippen LogP contribution in [0.5, 0.6) is 0 Å². The molecule has 1 heterocycles. The Morgan fingerprint density at radius 3 is 2.39 bits per heavy atom. The van der Waals surface area contributed by atoms with Crippen molar-refractivity contribution in [3.8, 4) is 0 Å². The number of benzene rings is 1. The molecule has 2 amide bonds. The maximum atomic E-state index is 12.5. The third kappa shape index (κ3) is 3.92. The number of hydrogen-bond acceptors (Lipinski definition) is 4. The van der Waals surface area contributed by atoms with Gasteiger partial charge in [0.15, 0.2) is 9.84 Å². The van der Waals surface area contributed by atoms with Crippen LogP contribution in [0.15, 0.2) is 22.7 Å². The van der Waals surface area contributed by atoms with E-state index in [1.54, 1.807) is 23.1 Å². The summed E-state index contributed by atoms with van der Waals surface area (Å²) < 4.78 is 23.5. The molecule has 1 aromatic carbocycles. The van der Waals surface area contributed by atoms with Crippen molar-refractivity contribution in [1.82, 2.24) is 4.90 Å². The van der Waals surface area contributed by atoms with E-state index in [1.807, 2.05) is 0 Å². The number of anilines is 1. The first-order valence-corrected chi connectivity index (χ1v) is 10.1. The highest BCUT2D eigenvalue weighted by atomic mass is 79.9. The number of halogens is 1. The lowest BCUT2D eigenvalue weighted by Gasteiger charge is -2.27. The molecule has 2 fully saturated rings. The van der Waals surface area contributed by atoms with E-state index in [-0.39, 0.29) is 42.3 Å². The third-order valence-electron chi connectivity index (χ3n) is 4.05. The number of amides is 2. The van der Waals surface area contributed by atoms with Crippen molar-refractivity contribution in [2.45, 2.75) is 12.8 Å². The van der Waals surface area contributed by atoms with Gasteiger partial charge in [0.2, 0.25) is 5.91 Å². The summed E-state index contributed by atoms with van der Waals surface area (Å²) in [6.07, 6.45) is 1.86. The largest absolute Gasteiger partial charge is 0.337 e. The molecule has 1 N–H and O–H groups in total. The van der Waals surface area contributed by atoms with Crippen LogP contribution in [0.25, 0.3) is 0 Å². The van der Waals surface area contributed by atoms with E-state index in [2.05, 4.69) is 21.2 Å². The minimum atomic E-state index is -3.02. The summed E-state index contributed by atoms with van der Waals surface area (Å²) >= 11 is 3.36. The molecule has 0 atom stereocenters. The Bertz CT molecular complexity index is 745. The Hall–Kier alpha value is -1.41. The molecular weight excluding hydrogens is 384 g/mol. The smallest absolute Gasteiger partial charge is 0.255 e. The van der Waals surface area contributed by atoms with Crippen LogP contribution >= 0.6 is 15.9 Å². The molecule has 124 valence electrons. The van der Waals surface area contributed by atoms with E-state index in [4.69, 9.17) is 0 Å². The van der Waals surface area contributed by atoms with Gasteiger partial charge in [-0.1, -0.05) is 0 Å². The van der Waals surface area contributed by atoms with Gasteiger partial charge in [0.25, 0.3) is 5.91 Å². The summed E-state index contributed by atoms with van der Waals surface area (Å²) in [4.78, 5) is 25.8. The molecule has 1 saturated carbocycles. The standard InChI is InChI=1S/C15H17BrN2O4S/c16-13-9-11(17-14(19)10-1-2-10)3-4-12(13)15(20)18-5-7-23(21,22)8-6-18/h3-4,9-10H,1-2,5-8H2,(H,17,19). The molecule has 8 heteroatoms. The number of hydrogen-bond donors (Lipinski definition) is 1. The molecule has 3 rings (SSSR count). The van der Waals surface area contributed by atoms with Gasteiger partial charge in [0.05, 0.1) is 17.1 Å². The number of carbonyl (C=O) groups excluding carboxylic acids is 2. The van der Waals surface area contributed by atoms with Crippen molar-refractivity contribution in [3.05, 3.63) is 28.2 Å². The third-order valence-corrected chi connectivity index (χ3v) is 6.31. The SMILES string of the molecule is O=C(Nc1ccc(C(=O)N2CCS(=O)(=O)CC2)c(Br)c1)C1CC1. The van der Waals surface area contributed by atoms with E-state index in [0.29, 0.717) is 15.7 Å². The van der Waals surface area contributed by atoms with Crippen LogP contribution < -0.4 is 5.32 Å². The molecule has 6 nitrogen and oxygen atoms in total. The molecule has 2 aliphatic rings. The Morgan fingerprint density at radius 2 is 1.83 bits per heavy atom. The fraction of sp³-hybridized carbons (Fsp3) is 0.467. The first-order valence-electron chi connectivity index (χ1n) is 7.46. The minimum Gasteiger partial charge on any atom is -0.337 e. The summed E-state index contributed by atoms with van der Waals surface area (Å²) in [7, 11) is -3.02. The lowest BCUT2D eigenvalue weighted by molar-refractivity contribution is -0.117. The summed E-state index contributed by atoms with van der Waals surface area (Å²) in [5.41, 5.74) is 1.11. The van der Waals surface area contributed by atoms with Crippen molar-refractivity contribution in [3.63, 3.8) is 0 Å². The second-order valence-electron chi connectivity index (χ2n) is 5.90. The summed E-state index contributed by atoms with van der Waals surface area (Å²) in [6.45, 7) is 0.432. The average Bonchev–Trinajstić information content (AvgIpc) is 3.31. The van der Waals surface area contributed by atoms with Crippen molar-refractivity contribution in [2.24, 2.45) is 5.92 Å². The molecule has 0 aromatic heterocycles. The molecule has 1 aromatic rings. The van der Waals surface area contributed by atoms with Gasteiger partial charge >= 0.3 is 0 Å². The molecule has 1 aliphatic heterocycles. The van der Waals surface area contributed by atoms with Crippen molar-refractivity contribution in [2.75, 3.05) is 29.9 Å². The van der Waals surface area contributed by atoms with Crippen LogP contribution in [-0.2, 0) is 14.6 Å². The maximum Gasteiger partial charge on any atom is 0.255 e. The van der Waals surface area contributed by atoms with E-state index in [0.717, 1.165) is 12.8 Å². The monoisotopic (exact) mass is 400 g/mol. The van der Waals surface area contributed by atoms with Crippen molar-refractivity contribution >= 4 is 43.3 Å². The summed E-state index contributed by atoms with van der Waals surface area (Å²) in [5.74, 6) is -0.0629. The van der Waals surface area contributed by atoms with Crippen LogP contribution in [0.2, 0.25) is 0 Å². The van der Waals surface area contributed by atoms with Gasteiger partial charge in [-0.25, -0.2) is 8.42 Å². The second-order valence-corrected chi connectivity index (χ2v) is 9.06. The number of sulfone groups is 1. The zero-order chi connectivity index (χ0) is 16.6. The van der Waals surface area contributed by atoms with Gasteiger partial charge in [-0.15, -0.1) is 0 Å². The zero-order valence-corrected chi connectivity index (χ0v) is 14.8. The first kappa shape index (κ1) is 16.4. The van der Waals surface area contributed by atoms with Gasteiger partial charge in [0, 0.05) is 29.2 Å². The zero-order valence-electron chi connectivity index (χ0n) is 12.4. The predicted molar refractivity (Wildman–Crippen MR) is 90.1 cm³/mol. The highest BCUT2D eigenvalue weighted by molar-refractivity contribution is 9.10. The van der Waals surface area contributed by atoms with Crippen LogP contribution in [0.3, 0.4) is 0 Å². The molecule has 0 spiro atoms. The van der Waals surface area contributed by atoms with Crippen molar-refractivity contribution < 1.29 is 18.0 Å². The number of carbonyl (C=O) groups is 2. The highest BCUT2D eigenvalue weighted by Crippen LogP contribution is 2.31. The lowest BCUT2D eigenvalue weighted by atomic mass is 10.1. The van der Waals surface area contributed by atoms with E-state index in [9.17, 15) is 18.0 Å². The Labute approximate surface area is 143 Å². The Kier molecular flexibility index (Phi) is 4.46. The number of rotatable bonds is 3. The normalized spacial score (nSPS) is 20.1. The van der Waals surface area contributed by atoms with E-state index < -0.39 is 9.84 Å². The predicted octanol–water partition coefficient (Wildman–Crippen LogP) is 1.67. The van der Waals surface area contributed by atoms with E-state index >= 15 is 0 Å². The number of nitrogens with one attached hydrogen (secondary N) is 1. The molecule has 0 bridgehead atoms. The molecule has 1 aliphatic carbocycles. The highest BCUT2D eigenvalue weighted by Gasteiger charge is 2.30. The Balaban J connectivity index is 1.70. The summed E-state index contributed by atoms with van der Waals surface area (Å²) in [5, 5.41) is 2.83. The van der Waals surface area contributed by atoms with Gasteiger partial charge in [-0.2, -0.15) is 0 Å². The fourth-order valence-electron chi connectivity index (χ4n) is 2.44. The molecule has 1 saturated heterocycles. The topological polar surface area (TPSA) is 83.6 Å². The van der Waals surface area contributed by atoms with Gasteiger partial charge < -0.3 is 10.2 Å². The number of nitrogens with zero attached hydrogens (tertiary/aromatic N) is 1. The van der Waals surface area contributed by atoms with Crippen LogP contribution in [0.4, 0.5) is 5.69 Å². The fourth-order valence-corrected chi connectivity index (χ4v) is 4.19. The van der Waals surface area contributed by atoms with Gasteiger partial charge in [0.1, 0.15) is 0 Å². The average molecular weight is 401 g/mol.